The van der Waals surface area contributed by atoms with Crippen LogP contribution in [-0.2, 0) is 16.0 Å². The summed E-state index contributed by atoms with van der Waals surface area (Å²) < 4.78 is 4.70. The summed E-state index contributed by atoms with van der Waals surface area (Å²) in [5.41, 5.74) is 2.61. The molecule has 0 aliphatic carbocycles. The van der Waals surface area contributed by atoms with E-state index in [1.807, 2.05) is 5.38 Å². The van der Waals surface area contributed by atoms with Crippen LogP contribution in [0.25, 0.3) is 0 Å². The van der Waals surface area contributed by atoms with Crippen LogP contribution in [0, 0.1) is 0 Å². The fourth-order valence-corrected chi connectivity index (χ4v) is 1.81. The molecular formula is C10H15N3O4S. The first-order valence-electron chi connectivity index (χ1n) is 5.26. The Labute approximate surface area is 108 Å². The minimum absolute atomic E-state index is 0.0746. The van der Waals surface area contributed by atoms with E-state index in [4.69, 9.17) is 9.84 Å². The average Bonchev–Trinajstić information content (AvgIpc) is 2.81. The molecule has 18 heavy (non-hydrogen) atoms. The highest BCUT2D eigenvalue weighted by atomic mass is 32.1. The molecule has 0 bridgehead atoms. The van der Waals surface area contributed by atoms with Crippen LogP contribution in [-0.4, -0.2) is 48.4 Å². The molecule has 1 aromatic heterocycles. The molecule has 0 spiro atoms. The average molecular weight is 273 g/mol. The summed E-state index contributed by atoms with van der Waals surface area (Å²) in [6, 6.07) is -1.58. The van der Waals surface area contributed by atoms with Crippen LogP contribution in [0.3, 0.4) is 0 Å². The molecule has 3 N–H and O–H groups in total. The predicted octanol–water partition coefficient (Wildman–Crippen LogP) is 0.0844. The van der Waals surface area contributed by atoms with Gasteiger partial charge in [0, 0.05) is 25.5 Å². The van der Waals surface area contributed by atoms with E-state index < -0.39 is 18.0 Å². The number of hydrogen-bond donors (Lipinski definition) is 3. The molecule has 0 aromatic carbocycles. The Kier molecular flexibility index (Phi) is 6.09. The number of nitrogens with zero attached hydrogens (tertiary/aromatic N) is 1. The highest BCUT2D eigenvalue weighted by Gasteiger charge is 2.19. The Morgan fingerprint density at radius 3 is 2.94 bits per heavy atom. The number of carbonyl (C=O) groups excluding carboxylic acids is 1. The molecule has 0 aliphatic rings. The maximum Gasteiger partial charge on any atom is 0.328 e. The Morgan fingerprint density at radius 2 is 2.39 bits per heavy atom. The van der Waals surface area contributed by atoms with Gasteiger partial charge in [-0.1, -0.05) is 0 Å². The molecule has 1 atom stereocenters. The molecule has 0 saturated carbocycles. The third-order valence-electron chi connectivity index (χ3n) is 2.09. The lowest BCUT2D eigenvalue weighted by Crippen LogP contribution is -2.48. The zero-order valence-electron chi connectivity index (χ0n) is 9.88. The Bertz CT molecular complexity index is 382. The number of amides is 2. The maximum atomic E-state index is 11.4. The van der Waals surface area contributed by atoms with Crippen molar-refractivity contribution >= 4 is 23.3 Å². The number of urea groups is 1. The number of aromatic nitrogens is 1. The minimum Gasteiger partial charge on any atom is -0.480 e. The van der Waals surface area contributed by atoms with Crippen LogP contribution < -0.4 is 10.6 Å². The predicted molar refractivity (Wildman–Crippen MR) is 65.7 cm³/mol. The van der Waals surface area contributed by atoms with E-state index in [1.54, 1.807) is 5.51 Å². The van der Waals surface area contributed by atoms with Crippen molar-refractivity contribution in [1.82, 2.24) is 15.6 Å². The first-order chi connectivity index (χ1) is 8.63. The van der Waals surface area contributed by atoms with Crippen LogP contribution in [0.15, 0.2) is 10.9 Å². The number of methoxy groups -OCH3 is 1. The van der Waals surface area contributed by atoms with Crippen molar-refractivity contribution in [2.45, 2.75) is 12.5 Å². The van der Waals surface area contributed by atoms with Crippen molar-refractivity contribution in [2.24, 2.45) is 0 Å². The topological polar surface area (TPSA) is 101 Å². The largest absolute Gasteiger partial charge is 0.480 e. The lowest BCUT2D eigenvalue weighted by molar-refractivity contribution is -0.140. The first-order valence-corrected chi connectivity index (χ1v) is 6.21. The number of thiazole rings is 1. The third kappa shape index (κ3) is 5.11. The van der Waals surface area contributed by atoms with Gasteiger partial charge in [-0.2, -0.15) is 0 Å². The van der Waals surface area contributed by atoms with Crippen LogP contribution in [0.2, 0.25) is 0 Å². The zero-order valence-corrected chi connectivity index (χ0v) is 10.7. The van der Waals surface area contributed by atoms with Crippen LogP contribution in [0.1, 0.15) is 5.69 Å². The summed E-state index contributed by atoms with van der Waals surface area (Å²) in [4.78, 5) is 26.2. The lowest BCUT2D eigenvalue weighted by Gasteiger charge is -2.13. The Morgan fingerprint density at radius 1 is 1.61 bits per heavy atom. The van der Waals surface area contributed by atoms with E-state index in [2.05, 4.69) is 15.6 Å². The first kappa shape index (κ1) is 14.4. The molecule has 1 aromatic rings. The molecule has 0 fully saturated rings. The van der Waals surface area contributed by atoms with E-state index in [1.165, 1.54) is 18.4 Å². The number of carboxylic acid groups (broad SMARTS) is 1. The van der Waals surface area contributed by atoms with Gasteiger partial charge in [0.2, 0.25) is 0 Å². The van der Waals surface area contributed by atoms with Gasteiger partial charge in [0.05, 0.1) is 17.8 Å². The molecule has 7 nitrogen and oxygen atoms in total. The van der Waals surface area contributed by atoms with E-state index in [-0.39, 0.29) is 6.61 Å². The molecule has 8 heteroatoms. The monoisotopic (exact) mass is 273 g/mol. The highest BCUT2D eigenvalue weighted by molar-refractivity contribution is 7.07. The van der Waals surface area contributed by atoms with Gasteiger partial charge in [-0.15, -0.1) is 11.3 Å². The van der Waals surface area contributed by atoms with Gasteiger partial charge in [-0.25, -0.2) is 14.6 Å². The van der Waals surface area contributed by atoms with Crippen molar-refractivity contribution in [1.29, 1.82) is 0 Å². The van der Waals surface area contributed by atoms with Gasteiger partial charge in [-0.3, -0.25) is 0 Å². The SMILES string of the molecule is COCC(NC(=O)NCCc1cscn1)C(=O)O. The number of rotatable bonds is 7. The normalized spacial score (nSPS) is 11.8. The Balaban J connectivity index is 2.25. The number of ether oxygens (including phenoxy) is 1. The van der Waals surface area contributed by atoms with Crippen molar-refractivity contribution in [3.63, 3.8) is 0 Å². The van der Waals surface area contributed by atoms with Gasteiger partial charge in [0.25, 0.3) is 0 Å². The molecule has 0 radical (unpaired) electrons. The van der Waals surface area contributed by atoms with Crippen molar-refractivity contribution < 1.29 is 19.4 Å². The summed E-state index contributed by atoms with van der Waals surface area (Å²) in [5.74, 6) is -1.13. The number of nitrogens with one attached hydrogen (secondary N) is 2. The van der Waals surface area contributed by atoms with E-state index in [9.17, 15) is 9.59 Å². The smallest absolute Gasteiger partial charge is 0.328 e. The molecule has 100 valence electrons. The van der Waals surface area contributed by atoms with E-state index in [0.29, 0.717) is 13.0 Å². The maximum absolute atomic E-state index is 11.4. The van der Waals surface area contributed by atoms with Gasteiger partial charge >= 0.3 is 12.0 Å². The molecule has 1 heterocycles. The fourth-order valence-electron chi connectivity index (χ4n) is 1.22. The Hall–Kier alpha value is -1.67. The summed E-state index contributed by atoms with van der Waals surface area (Å²) in [6.07, 6.45) is 0.610. The zero-order chi connectivity index (χ0) is 13.4. The molecular weight excluding hydrogens is 258 g/mol. The lowest BCUT2D eigenvalue weighted by atomic mass is 10.3. The van der Waals surface area contributed by atoms with Crippen LogP contribution in [0.4, 0.5) is 4.79 Å². The standard InChI is InChI=1S/C10H15N3O4S/c1-17-4-8(9(14)15)13-10(16)11-3-2-7-5-18-6-12-7/h5-6,8H,2-4H2,1H3,(H,14,15)(H2,11,13,16). The number of aliphatic carboxylic acids is 1. The molecule has 1 rings (SSSR count). The van der Waals surface area contributed by atoms with Gasteiger partial charge in [0.1, 0.15) is 0 Å². The van der Waals surface area contributed by atoms with Gasteiger partial charge in [-0.05, 0) is 0 Å². The van der Waals surface area contributed by atoms with Crippen LogP contribution >= 0.6 is 11.3 Å². The van der Waals surface area contributed by atoms with E-state index >= 15 is 0 Å². The number of carbonyl (C=O) groups is 2. The molecule has 0 saturated heterocycles. The number of carboxylic acids is 1. The third-order valence-corrected chi connectivity index (χ3v) is 2.72. The summed E-state index contributed by atoms with van der Waals surface area (Å²) >= 11 is 1.49. The second-order valence-corrected chi connectivity index (χ2v) is 4.19. The second kappa shape index (κ2) is 7.62. The van der Waals surface area contributed by atoms with E-state index in [0.717, 1.165) is 5.69 Å². The molecule has 2 amide bonds. The minimum atomic E-state index is -1.13. The summed E-state index contributed by atoms with van der Waals surface area (Å²) in [5, 5.41) is 15.6. The highest BCUT2D eigenvalue weighted by Crippen LogP contribution is 2.00. The van der Waals surface area contributed by atoms with Gasteiger partial charge in [0.15, 0.2) is 6.04 Å². The van der Waals surface area contributed by atoms with Crippen LogP contribution in [0.5, 0.6) is 0 Å². The summed E-state index contributed by atoms with van der Waals surface area (Å²) in [7, 11) is 1.37. The van der Waals surface area contributed by atoms with Gasteiger partial charge < -0.3 is 20.5 Å². The quantitative estimate of drug-likeness (QED) is 0.653. The summed E-state index contributed by atoms with van der Waals surface area (Å²) in [6.45, 7) is 0.323. The fraction of sp³-hybridized carbons (Fsp3) is 0.500. The number of hydrogen-bond acceptors (Lipinski definition) is 5. The molecule has 1 unspecified atom stereocenters. The van der Waals surface area contributed by atoms with Crippen molar-refractivity contribution in [2.75, 3.05) is 20.3 Å². The van der Waals surface area contributed by atoms with Crippen molar-refractivity contribution in [3.8, 4) is 0 Å². The molecule has 0 aliphatic heterocycles. The van der Waals surface area contributed by atoms with Crippen molar-refractivity contribution in [3.05, 3.63) is 16.6 Å². The second-order valence-electron chi connectivity index (χ2n) is 3.48.